The van der Waals surface area contributed by atoms with Crippen molar-refractivity contribution in [1.29, 1.82) is 0 Å². The average molecular weight is 565 g/mol. The van der Waals surface area contributed by atoms with E-state index in [4.69, 9.17) is 23.1 Å². The van der Waals surface area contributed by atoms with Crippen LogP contribution in [-0.4, -0.2) is 37.1 Å². The van der Waals surface area contributed by atoms with Gasteiger partial charge in [0.1, 0.15) is 12.0 Å². The molecule has 1 fully saturated rings. The van der Waals surface area contributed by atoms with Crippen molar-refractivity contribution in [3.63, 3.8) is 0 Å². The summed E-state index contributed by atoms with van der Waals surface area (Å²) in [7, 11) is -4.32. The fourth-order valence-electron chi connectivity index (χ4n) is 4.01. The maximum Gasteiger partial charge on any atom is 0.494 e. The summed E-state index contributed by atoms with van der Waals surface area (Å²) in [6, 6.07) is 23.9. The molecule has 3 aromatic rings. The molecule has 0 bridgehead atoms. The zero-order chi connectivity index (χ0) is 28.8. The molecule has 1 heterocycles. The second-order valence-corrected chi connectivity index (χ2v) is 12.6. The van der Waals surface area contributed by atoms with Crippen LogP contribution in [0.2, 0.25) is 0 Å². The second-order valence-electron chi connectivity index (χ2n) is 10.6. The highest BCUT2D eigenvalue weighted by atomic mass is 31.2. The van der Waals surface area contributed by atoms with Crippen LogP contribution in [-0.2, 0) is 36.1 Å². The molecule has 0 aliphatic carbocycles. The van der Waals surface area contributed by atoms with Crippen LogP contribution in [0, 0.1) is 0 Å². The SMILES string of the molecule is CCOc1cc(B2OC(C)(C)C(C)(C)O2)ccc1C(=O)NCP(=O)(OCc1ccccc1)OCc1ccccc1. The first-order valence-corrected chi connectivity index (χ1v) is 15.1. The molecule has 8 nitrogen and oxygen atoms in total. The van der Waals surface area contributed by atoms with Crippen LogP contribution in [0.25, 0.3) is 0 Å². The van der Waals surface area contributed by atoms with Crippen LogP contribution in [0.1, 0.15) is 56.1 Å². The van der Waals surface area contributed by atoms with Gasteiger partial charge in [-0.1, -0.05) is 66.7 Å². The Morgan fingerprint density at radius 2 is 1.38 bits per heavy atom. The summed E-state index contributed by atoms with van der Waals surface area (Å²) in [5.41, 5.74) is 1.71. The van der Waals surface area contributed by atoms with Crippen molar-refractivity contribution < 1.29 is 32.5 Å². The first-order chi connectivity index (χ1) is 19.0. The minimum Gasteiger partial charge on any atom is -0.493 e. The third kappa shape index (κ3) is 7.42. The standard InChI is InChI=1S/C30H37BNO7P/c1-6-35-27-19-25(31-38-29(2,3)30(4,5)39-31)17-18-26(27)28(33)32-22-40(34,36-20-23-13-9-7-10-14-23)37-21-24-15-11-8-12-16-24/h7-19H,6,20-22H2,1-5H3,(H,32,33). The molecule has 0 atom stereocenters. The number of hydrogen-bond donors (Lipinski definition) is 1. The second kappa shape index (κ2) is 12.7. The molecule has 0 aromatic heterocycles. The molecule has 1 aliphatic heterocycles. The van der Waals surface area contributed by atoms with Gasteiger partial charge in [0.15, 0.2) is 0 Å². The van der Waals surface area contributed by atoms with Crippen molar-refractivity contribution in [2.45, 2.75) is 59.0 Å². The molecule has 1 saturated heterocycles. The van der Waals surface area contributed by atoms with Gasteiger partial charge in [0.2, 0.25) is 0 Å². The Kier molecular flexibility index (Phi) is 9.54. The monoisotopic (exact) mass is 565 g/mol. The number of ether oxygens (including phenoxy) is 1. The van der Waals surface area contributed by atoms with Gasteiger partial charge in [-0.2, -0.15) is 0 Å². The topological polar surface area (TPSA) is 92.3 Å². The van der Waals surface area contributed by atoms with Crippen LogP contribution < -0.4 is 15.5 Å². The summed E-state index contributed by atoms with van der Waals surface area (Å²) >= 11 is 0. The molecular formula is C30H37BNO7P. The lowest BCUT2D eigenvalue weighted by atomic mass is 9.78. The number of nitrogens with one attached hydrogen (secondary N) is 1. The third-order valence-corrected chi connectivity index (χ3v) is 8.64. The predicted molar refractivity (Wildman–Crippen MR) is 156 cm³/mol. The minimum atomic E-state index is -3.72. The highest BCUT2D eigenvalue weighted by molar-refractivity contribution is 7.53. The molecule has 40 heavy (non-hydrogen) atoms. The van der Waals surface area contributed by atoms with Gasteiger partial charge < -0.3 is 28.4 Å². The Bertz CT molecular complexity index is 1270. The lowest BCUT2D eigenvalue weighted by molar-refractivity contribution is 0.00578. The van der Waals surface area contributed by atoms with E-state index in [1.807, 2.05) is 95.3 Å². The maximum atomic E-state index is 13.7. The summed E-state index contributed by atoms with van der Waals surface area (Å²) < 4.78 is 43.4. The lowest BCUT2D eigenvalue weighted by Crippen LogP contribution is -2.41. The van der Waals surface area contributed by atoms with E-state index < -0.39 is 31.8 Å². The molecule has 0 unspecified atom stereocenters. The summed E-state index contributed by atoms with van der Waals surface area (Å²) in [6.07, 6.45) is -0.309. The van der Waals surface area contributed by atoms with Crippen LogP contribution in [0.3, 0.4) is 0 Å². The predicted octanol–water partition coefficient (Wildman–Crippen LogP) is 5.70. The first kappa shape index (κ1) is 30.0. The molecule has 10 heteroatoms. The molecule has 1 aliphatic rings. The third-order valence-electron chi connectivity index (χ3n) is 7.05. The van der Waals surface area contributed by atoms with Crippen LogP contribution >= 0.6 is 7.60 Å². The first-order valence-electron chi connectivity index (χ1n) is 13.4. The minimum absolute atomic E-state index is 0.0791. The highest BCUT2D eigenvalue weighted by Gasteiger charge is 2.51. The number of amides is 1. The number of hydrogen-bond acceptors (Lipinski definition) is 7. The van der Waals surface area contributed by atoms with E-state index in [1.54, 1.807) is 18.2 Å². The van der Waals surface area contributed by atoms with Crippen molar-refractivity contribution in [2.75, 3.05) is 12.9 Å². The number of benzene rings is 3. The molecule has 0 spiro atoms. The number of carbonyl (C=O) groups excluding carboxylic acids is 1. The Morgan fingerprint density at radius 1 is 0.850 bits per heavy atom. The zero-order valence-electron chi connectivity index (χ0n) is 23.7. The van der Waals surface area contributed by atoms with E-state index in [0.717, 1.165) is 16.6 Å². The van der Waals surface area contributed by atoms with E-state index in [9.17, 15) is 9.36 Å². The van der Waals surface area contributed by atoms with Gasteiger partial charge in [0, 0.05) is 0 Å². The van der Waals surface area contributed by atoms with Gasteiger partial charge in [-0.3, -0.25) is 9.36 Å². The summed E-state index contributed by atoms with van der Waals surface area (Å²) in [4.78, 5) is 13.3. The van der Waals surface area contributed by atoms with E-state index in [-0.39, 0.29) is 19.5 Å². The maximum absolute atomic E-state index is 13.7. The van der Waals surface area contributed by atoms with Gasteiger partial charge in [-0.05, 0) is 63.3 Å². The van der Waals surface area contributed by atoms with E-state index >= 15 is 0 Å². The molecule has 1 N–H and O–H groups in total. The van der Waals surface area contributed by atoms with Crippen molar-refractivity contribution in [2.24, 2.45) is 0 Å². The molecule has 212 valence electrons. The Labute approximate surface area is 237 Å². The summed E-state index contributed by atoms with van der Waals surface area (Å²) in [5.74, 6) is -0.0896. The van der Waals surface area contributed by atoms with Crippen LogP contribution in [0.5, 0.6) is 5.75 Å². The Balaban J connectivity index is 1.48. The van der Waals surface area contributed by atoms with E-state index in [1.165, 1.54) is 0 Å². The largest absolute Gasteiger partial charge is 0.494 e. The van der Waals surface area contributed by atoms with E-state index in [0.29, 0.717) is 17.9 Å². The van der Waals surface area contributed by atoms with Gasteiger partial charge in [-0.15, -0.1) is 0 Å². The highest BCUT2D eigenvalue weighted by Crippen LogP contribution is 2.48. The summed E-state index contributed by atoms with van der Waals surface area (Å²) in [5, 5.41) is 2.73. The molecule has 0 saturated carbocycles. The fourth-order valence-corrected chi connectivity index (χ4v) is 5.30. The summed E-state index contributed by atoms with van der Waals surface area (Å²) in [6.45, 7) is 10.3. The molecular weight excluding hydrogens is 528 g/mol. The molecule has 1 amide bonds. The zero-order valence-corrected chi connectivity index (χ0v) is 24.6. The number of rotatable bonds is 12. The van der Waals surface area contributed by atoms with Gasteiger partial charge >= 0.3 is 14.7 Å². The fraction of sp³-hybridized carbons (Fsp3) is 0.367. The Hall–Kier alpha value is -2.94. The molecule has 3 aromatic carbocycles. The van der Waals surface area contributed by atoms with Crippen molar-refractivity contribution in [3.8, 4) is 5.75 Å². The Morgan fingerprint density at radius 3 is 1.88 bits per heavy atom. The van der Waals surface area contributed by atoms with Gasteiger partial charge in [0.05, 0.1) is 36.6 Å². The molecule has 0 radical (unpaired) electrons. The van der Waals surface area contributed by atoms with Crippen LogP contribution in [0.4, 0.5) is 0 Å². The van der Waals surface area contributed by atoms with E-state index in [2.05, 4.69) is 5.32 Å². The lowest BCUT2D eigenvalue weighted by Gasteiger charge is -2.32. The average Bonchev–Trinajstić information content (AvgIpc) is 3.17. The van der Waals surface area contributed by atoms with Crippen molar-refractivity contribution >= 4 is 26.1 Å². The van der Waals surface area contributed by atoms with Gasteiger partial charge in [0.25, 0.3) is 5.91 Å². The van der Waals surface area contributed by atoms with Crippen LogP contribution in [0.15, 0.2) is 78.9 Å². The smallest absolute Gasteiger partial charge is 0.493 e. The number of carbonyl (C=O) groups is 1. The quantitative estimate of drug-likeness (QED) is 0.223. The molecule has 4 rings (SSSR count). The van der Waals surface area contributed by atoms with Crippen molar-refractivity contribution in [1.82, 2.24) is 5.32 Å². The normalized spacial score (nSPS) is 16.1. The van der Waals surface area contributed by atoms with Crippen molar-refractivity contribution in [3.05, 3.63) is 95.6 Å². The van der Waals surface area contributed by atoms with Gasteiger partial charge in [-0.25, -0.2) is 0 Å².